The van der Waals surface area contributed by atoms with E-state index < -0.39 is 23.6 Å². The molecular formula is C16H17F3N4O3. The zero-order valence-electron chi connectivity index (χ0n) is 13.8. The van der Waals surface area contributed by atoms with E-state index >= 15 is 0 Å². The number of hydrogen-bond acceptors (Lipinski definition) is 7. The summed E-state index contributed by atoms with van der Waals surface area (Å²) in [7, 11) is 0. The summed E-state index contributed by atoms with van der Waals surface area (Å²) in [6.45, 7) is 2.31. The van der Waals surface area contributed by atoms with Gasteiger partial charge in [-0.05, 0) is 31.5 Å². The fraction of sp³-hybridized carbons (Fsp3) is 0.438. The molecule has 1 fully saturated rings. The number of anilines is 1. The fourth-order valence-electron chi connectivity index (χ4n) is 2.68. The van der Waals surface area contributed by atoms with Crippen LogP contribution in [-0.2, 0) is 10.9 Å². The van der Waals surface area contributed by atoms with Crippen molar-refractivity contribution in [2.45, 2.75) is 31.7 Å². The van der Waals surface area contributed by atoms with Crippen LogP contribution in [0.2, 0.25) is 0 Å². The average molecular weight is 370 g/mol. The van der Waals surface area contributed by atoms with Crippen molar-refractivity contribution in [3.8, 4) is 17.0 Å². The first-order valence-electron chi connectivity index (χ1n) is 7.90. The fourth-order valence-corrected chi connectivity index (χ4v) is 2.68. The maximum atomic E-state index is 12.7. The molecule has 26 heavy (non-hydrogen) atoms. The zero-order valence-corrected chi connectivity index (χ0v) is 13.8. The highest BCUT2D eigenvalue weighted by Crippen LogP contribution is 2.36. The number of aryl methyl sites for hydroxylation is 1. The standard InChI is InChI=1S/C16H17F3N4O3/c1-8-14(10-3-2-9(6-12(10)24)16(17,18)19)22-23-15(20-8)21-11-4-5-26-7-13(11)25/h2-3,6,11,13,24-25H,4-5,7H2,1H3,(H,20,21,23)/t11-,13-/m1/s1. The Morgan fingerprint density at radius 3 is 2.65 bits per heavy atom. The SMILES string of the molecule is Cc1nc(N[C@@H]2CCOC[C@H]2O)nnc1-c1ccc(C(F)(F)F)cc1O. The topological polar surface area (TPSA) is 100 Å². The monoisotopic (exact) mass is 370 g/mol. The normalized spacial score (nSPS) is 20.8. The maximum Gasteiger partial charge on any atom is 0.416 e. The van der Waals surface area contributed by atoms with Crippen molar-refractivity contribution in [2.75, 3.05) is 18.5 Å². The summed E-state index contributed by atoms with van der Waals surface area (Å²) in [6.07, 6.45) is -4.68. The molecule has 140 valence electrons. The lowest BCUT2D eigenvalue weighted by molar-refractivity contribution is -0.137. The minimum atomic E-state index is -4.55. The Bertz CT molecular complexity index is 801. The molecule has 1 saturated heterocycles. The van der Waals surface area contributed by atoms with E-state index in [4.69, 9.17) is 4.74 Å². The molecule has 2 aromatic rings. The van der Waals surface area contributed by atoms with Crippen molar-refractivity contribution in [1.82, 2.24) is 15.2 Å². The Morgan fingerprint density at radius 1 is 1.27 bits per heavy atom. The van der Waals surface area contributed by atoms with Crippen LogP contribution in [0.3, 0.4) is 0 Å². The number of hydrogen-bond donors (Lipinski definition) is 3. The minimum Gasteiger partial charge on any atom is -0.507 e. The third kappa shape index (κ3) is 3.86. The van der Waals surface area contributed by atoms with Crippen molar-refractivity contribution in [3.63, 3.8) is 0 Å². The lowest BCUT2D eigenvalue weighted by Gasteiger charge is -2.28. The predicted molar refractivity (Wildman–Crippen MR) is 85.5 cm³/mol. The molecule has 1 aromatic carbocycles. The first kappa shape index (κ1) is 18.3. The van der Waals surface area contributed by atoms with Crippen molar-refractivity contribution in [1.29, 1.82) is 0 Å². The van der Waals surface area contributed by atoms with Crippen LogP contribution in [0.4, 0.5) is 19.1 Å². The highest BCUT2D eigenvalue weighted by molar-refractivity contribution is 5.69. The Kier molecular flexibility index (Phi) is 4.97. The number of benzene rings is 1. The Hall–Kier alpha value is -2.46. The molecule has 3 N–H and O–H groups in total. The van der Waals surface area contributed by atoms with E-state index in [1.54, 1.807) is 6.92 Å². The molecule has 0 spiro atoms. The first-order chi connectivity index (χ1) is 12.3. The third-order valence-electron chi connectivity index (χ3n) is 4.08. The van der Waals surface area contributed by atoms with Gasteiger partial charge in [-0.2, -0.15) is 13.2 Å². The minimum absolute atomic E-state index is 0.105. The number of alkyl halides is 3. The number of halogens is 3. The molecular weight excluding hydrogens is 353 g/mol. The van der Waals surface area contributed by atoms with Crippen molar-refractivity contribution < 1.29 is 28.1 Å². The van der Waals surface area contributed by atoms with Gasteiger partial charge >= 0.3 is 6.18 Å². The van der Waals surface area contributed by atoms with Gasteiger partial charge in [-0.3, -0.25) is 0 Å². The molecule has 0 radical (unpaired) electrons. The van der Waals surface area contributed by atoms with Crippen molar-refractivity contribution in [3.05, 3.63) is 29.5 Å². The molecule has 7 nitrogen and oxygen atoms in total. The molecule has 10 heteroatoms. The van der Waals surface area contributed by atoms with Crippen LogP contribution in [-0.4, -0.2) is 50.8 Å². The highest BCUT2D eigenvalue weighted by Gasteiger charge is 2.31. The Labute approximate surface area is 146 Å². The molecule has 2 atom stereocenters. The maximum absolute atomic E-state index is 12.7. The molecule has 1 aliphatic rings. The number of aliphatic hydroxyl groups is 1. The second-order valence-electron chi connectivity index (χ2n) is 5.98. The van der Waals surface area contributed by atoms with E-state index in [0.717, 1.165) is 12.1 Å². The molecule has 3 rings (SSSR count). The Morgan fingerprint density at radius 2 is 2.04 bits per heavy atom. The van der Waals surface area contributed by atoms with Gasteiger partial charge in [0.2, 0.25) is 5.95 Å². The van der Waals surface area contributed by atoms with Crippen molar-refractivity contribution in [2.24, 2.45) is 0 Å². The van der Waals surface area contributed by atoms with Gasteiger partial charge in [-0.1, -0.05) is 0 Å². The molecule has 0 unspecified atom stereocenters. The van der Waals surface area contributed by atoms with Gasteiger partial charge in [0.1, 0.15) is 11.4 Å². The molecule has 1 aliphatic heterocycles. The van der Waals surface area contributed by atoms with Crippen LogP contribution >= 0.6 is 0 Å². The average Bonchev–Trinajstić information content (AvgIpc) is 2.57. The van der Waals surface area contributed by atoms with E-state index in [9.17, 15) is 23.4 Å². The van der Waals surface area contributed by atoms with Gasteiger partial charge in [0.15, 0.2) is 0 Å². The lowest BCUT2D eigenvalue weighted by Crippen LogP contribution is -2.42. The van der Waals surface area contributed by atoms with E-state index in [1.165, 1.54) is 0 Å². The molecule has 0 aliphatic carbocycles. The second-order valence-corrected chi connectivity index (χ2v) is 5.98. The first-order valence-corrected chi connectivity index (χ1v) is 7.90. The van der Waals surface area contributed by atoms with Crippen LogP contribution in [0.5, 0.6) is 5.75 Å². The summed E-state index contributed by atoms with van der Waals surface area (Å²) in [4.78, 5) is 4.22. The number of phenols is 1. The predicted octanol–water partition coefficient (Wildman–Crippen LogP) is 2.13. The molecule has 0 saturated carbocycles. The number of aliphatic hydroxyl groups excluding tert-OH is 1. The number of nitrogens with one attached hydrogen (secondary N) is 1. The zero-order chi connectivity index (χ0) is 18.9. The van der Waals surface area contributed by atoms with Crippen LogP contribution in [0, 0.1) is 6.92 Å². The van der Waals surface area contributed by atoms with Gasteiger partial charge in [-0.25, -0.2) is 4.98 Å². The van der Waals surface area contributed by atoms with Gasteiger partial charge in [0.05, 0.1) is 30.0 Å². The van der Waals surface area contributed by atoms with E-state index in [2.05, 4.69) is 20.5 Å². The molecule has 1 aromatic heterocycles. The van der Waals surface area contributed by atoms with Crippen LogP contribution < -0.4 is 5.32 Å². The van der Waals surface area contributed by atoms with E-state index in [-0.39, 0.29) is 29.9 Å². The molecule has 0 bridgehead atoms. The number of aromatic nitrogens is 3. The summed E-state index contributed by atoms with van der Waals surface area (Å²) in [5, 5.41) is 30.6. The molecule has 2 heterocycles. The third-order valence-corrected chi connectivity index (χ3v) is 4.08. The smallest absolute Gasteiger partial charge is 0.416 e. The van der Waals surface area contributed by atoms with Crippen LogP contribution in [0.25, 0.3) is 11.3 Å². The lowest BCUT2D eigenvalue weighted by atomic mass is 10.1. The van der Waals surface area contributed by atoms with Crippen LogP contribution in [0.15, 0.2) is 18.2 Å². The quantitative estimate of drug-likeness (QED) is 0.761. The van der Waals surface area contributed by atoms with Gasteiger partial charge in [0.25, 0.3) is 0 Å². The Balaban J connectivity index is 1.84. The van der Waals surface area contributed by atoms with Crippen molar-refractivity contribution >= 4 is 5.95 Å². The molecule has 0 amide bonds. The summed E-state index contributed by atoms with van der Waals surface area (Å²) < 4.78 is 43.2. The van der Waals surface area contributed by atoms with E-state index in [0.29, 0.717) is 24.8 Å². The summed E-state index contributed by atoms with van der Waals surface area (Å²) in [5.41, 5.74) is -0.300. The summed E-state index contributed by atoms with van der Waals surface area (Å²) >= 11 is 0. The van der Waals surface area contributed by atoms with Gasteiger partial charge < -0.3 is 20.3 Å². The number of rotatable bonds is 3. The van der Waals surface area contributed by atoms with Gasteiger partial charge in [-0.15, -0.1) is 10.2 Å². The largest absolute Gasteiger partial charge is 0.507 e. The number of nitrogens with zero attached hydrogens (tertiary/aromatic N) is 3. The van der Waals surface area contributed by atoms with Crippen LogP contribution in [0.1, 0.15) is 17.7 Å². The number of phenolic OH excluding ortho intramolecular Hbond substituents is 1. The summed E-state index contributed by atoms with van der Waals surface area (Å²) in [6, 6.07) is 2.35. The highest BCUT2D eigenvalue weighted by atomic mass is 19.4. The number of aromatic hydroxyl groups is 1. The van der Waals surface area contributed by atoms with Gasteiger partial charge in [0, 0.05) is 12.2 Å². The second kappa shape index (κ2) is 7.04. The summed E-state index contributed by atoms with van der Waals surface area (Å²) in [5.74, 6) is -0.372. The van der Waals surface area contributed by atoms with E-state index in [1.807, 2.05) is 0 Å². The number of ether oxygens (including phenoxy) is 1.